The summed E-state index contributed by atoms with van der Waals surface area (Å²) in [5.41, 5.74) is 6.34. The first-order valence-corrected chi connectivity index (χ1v) is 11.3. The molecule has 3 fully saturated rings. The van der Waals surface area contributed by atoms with Gasteiger partial charge in [0.2, 0.25) is 17.7 Å². The van der Waals surface area contributed by atoms with Crippen LogP contribution in [0.1, 0.15) is 44.1 Å². The molecule has 0 bridgehead atoms. The van der Waals surface area contributed by atoms with Crippen LogP contribution >= 0.6 is 23.2 Å². The van der Waals surface area contributed by atoms with E-state index in [-0.39, 0.29) is 29.1 Å². The highest BCUT2D eigenvalue weighted by molar-refractivity contribution is 6.42. The van der Waals surface area contributed by atoms with Crippen LogP contribution in [0, 0.1) is 17.3 Å². The van der Waals surface area contributed by atoms with Crippen LogP contribution in [0.3, 0.4) is 0 Å². The first kappa shape index (κ1) is 21.4. The highest BCUT2D eigenvalue weighted by Gasteiger charge is 2.48. The first-order chi connectivity index (χ1) is 14.2. The molecular formula is C22H27Cl2N3O3. The molecule has 2 heterocycles. The van der Waals surface area contributed by atoms with Gasteiger partial charge in [-0.25, -0.2) is 0 Å². The lowest BCUT2D eigenvalue weighted by Gasteiger charge is -2.34. The minimum Gasteiger partial charge on any atom is -0.369 e. The molecule has 0 radical (unpaired) electrons. The number of nitrogens with two attached hydrogens (primary N) is 1. The Morgan fingerprint density at radius 1 is 1.03 bits per heavy atom. The van der Waals surface area contributed by atoms with Gasteiger partial charge in [0.25, 0.3) is 0 Å². The molecule has 8 heteroatoms. The maximum absolute atomic E-state index is 13.2. The number of benzene rings is 1. The van der Waals surface area contributed by atoms with E-state index in [0.717, 1.165) is 18.4 Å². The van der Waals surface area contributed by atoms with Crippen molar-refractivity contribution in [2.75, 3.05) is 26.2 Å². The van der Waals surface area contributed by atoms with Crippen LogP contribution in [0.25, 0.3) is 0 Å². The Bertz CT molecular complexity index is 878. The summed E-state index contributed by atoms with van der Waals surface area (Å²) >= 11 is 12.2. The summed E-state index contributed by atoms with van der Waals surface area (Å²) in [7, 11) is 0. The van der Waals surface area contributed by atoms with Crippen molar-refractivity contribution < 1.29 is 14.4 Å². The van der Waals surface area contributed by atoms with Gasteiger partial charge in [-0.05, 0) is 43.4 Å². The Hall–Kier alpha value is -1.79. The van der Waals surface area contributed by atoms with E-state index in [1.165, 1.54) is 0 Å². The van der Waals surface area contributed by atoms with Crippen LogP contribution in [0.15, 0.2) is 18.2 Å². The van der Waals surface area contributed by atoms with Crippen LogP contribution in [0.4, 0.5) is 0 Å². The Balaban J connectivity index is 1.41. The maximum atomic E-state index is 13.2. The molecule has 1 aromatic rings. The van der Waals surface area contributed by atoms with Gasteiger partial charge in [-0.1, -0.05) is 36.2 Å². The topological polar surface area (TPSA) is 83.7 Å². The van der Waals surface area contributed by atoms with Crippen LogP contribution < -0.4 is 5.73 Å². The van der Waals surface area contributed by atoms with E-state index in [0.29, 0.717) is 49.1 Å². The fourth-order valence-corrected chi connectivity index (χ4v) is 5.03. The molecule has 2 unspecified atom stereocenters. The van der Waals surface area contributed by atoms with Gasteiger partial charge in [0.05, 0.1) is 16.0 Å². The third-order valence-electron chi connectivity index (χ3n) is 7.02. The number of halogens is 2. The Labute approximate surface area is 186 Å². The number of amides is 3. The van der Waals surface area contributed by atoms with Gasteiger partial charge in [-0.2, -0.15) is 0 Å². The Morgan fingerprint density at radius 2 is 1.70 bits per heavy atom. The van der Waals surface area contributed by atoms with Crippen molar-refractivity contribution in [2.24, 2.45) is 23.0 Å². The zero-order valence-corrected chi connectivity index (χ0v) is 18.6. The molecule has 3 amide bonds. The van der Waals surface area contributed by atoms with Crippen LogP contribution in [-0.2, 0) is 14.4 Å². The molecule has 162 valence electrons. The van der Waals surface area contributed by atoms with Crippen molar-refractivity contribution >= 4 is 40.9 Å². The van der Waals surface area contributed by atoms with Crippen LogP contribution in [0.5, 0.6) is 0 Å². The standard InChI is InChI=1S/C22H27Cl2N3O3/c1-22(6-7-22)21(30)26-8-4-13(5-9-26)20(29)27-11-15(16(12-27)19(25)28)14-2-3-17(23)18(24)10-14/h2-3,10,13,15-16H,4-9,11-12H2,1H3,(H2,25,28). The van der Waals surface area contributed by atoms with Gasteiger partial charge in [-0.3, -0.25) is 14.4 Å². The summed E-state index contributed by atoms with van der Waals surface area (Å²) < 4.78 is 0. The molecule has 2 aliphatic heterocycles. The summed E-state index contributed by atoms with van der Waals surface area (Å²) in [6, 6.07) is 5.29. The molecule has 30 heavy (non-hydrogen) atoms. The predicted octanol–water partition coefficient (Wildman–Crippen LogP) is 3.06. The molecule has 2 saturated heterocycles. The third kappa shape index (κ3) is 4.04. The number of likely N-dealkylation sites (tertiary alicyclic amines) is 2. The molecule has 6 nitrogen and oxygen atoms in total. The van der Waals surface area contributed by atoms with Gasteiger partial charge in [-0.15, -0.1) is 0 Å². The number of rotatable bonds is 4. The van der Waals surface area contributed by atoms with Crippen molar-refractivity contribution in [2.45, 2.75) is 38.5 Å². The quantitative estimate of drug-likeness (QED) is 0.762. The molecule has 0 spiro atoms. The third-order valence-corrected chi connectivity index (χ3v) is 7.76. The van der Waals surface area contributed by atoms with Gasteiger partial charge < -0.3 is 15.5 Å². The molecule has 0 aromatic heterocycles. The van der Waals surface area contributed by atoms with Gasteiger partial charge in [0.15, 0.2) is 0 Å². The summed E-state index contributed by atoms with van der Waals surface area (Å²) in [6.07, 6.45) is 3.25. The smallest absolute Gasteiger partial charge is 0.228 e. The van der Waals surface area contributed by atoms with Crippen molar-refractivity contribution in [3.63, 3.8) is 0 Å². The lowest BCUT2D eigenvalue weighted by Crippen LogP contribution is -2.46. The zero-order valence-electron chi connectivity index (χ0n) is 17.1. The summed E-state index contributed by atoms with van der Waals surface area (Å²) in [5.74, 6) is -0.918. The molecule has 3 aliphatic rings. The lowest BCUT2D eigenvalue weighted by atomic mass is 9.88. The minimum atomic E-state index is -0.456. The second-order valence-corrected chi connectivity index (χ2v) is 9.97. The lowest BCUT2D eigenvalue weighted by molar-refractivity contribution is -0.142. The number of nitrogens with zero attached hydrogens (tertiary/aromatic N) is 2. The van der Waals surface area contributed by atoms with Gasteiger partial charge >= 0.3 is 0 Å². The fraction of sp³-hybridized carbons (Fsp3) is 0.591. The van der Waals surface area contributed by atoms with Crippen molar-refractivity contribution in [1.29, 1.82) is 0 Å². The highest BCUT2D eigenvalue weighted by atomic mass is 35.5. The van der Waals surface area contributed by atoms with E-state index in [1.54, 1.807) is 17.0 Å². The number of carbonyl (C=O) groups excluding carboxylic acids is 3. The van der Waals surface area contributed by atoms with Crippen molar-refractivity contribution in [3.05, 3.63) is 33.8 Å². The van der Waals surface area contributed by atoms with E-state index in [2.05, 4.69) is 0 Å². The molecule has 1 aliphatic carbocycles. The van der Waals surface area contributed by atoms with E-state index in [9.17, 15) is 14.4 Å². The number of carbonyl (C=O) groups is 3. The predicted molar refractivity (Wildman–Crippen MR) is 115 cm³/mol. The largest absolute Gasteiger partial charge is 0.369 e. The number of primary amides is 1. The SMILES string of the molecule is CC1(C(=O)N2CCC(C(=O)N3CC(C(N)=O)C(c4ccc(Cl)c(Cl)c4)C3)CC2)CC1. The fourth-order valence-electron chi connectivity index (χ4n) is 4.72. The van der Waals surface area contributed by atoms with E-state index < -0.39 is 11.8 Å². The number of piperidine rings is 1. The minimum absolute atomic E-state index is 0.0496. The van der Waals surface area contributed by atoms with E-state index in [4.69, 9.17) is 28.9 Å². The van der Waals surface area contributed by atoms with Gasteiger partial charge in [0, 0.05) is 43.4 Å². The zero-order chi connectivity index (χ0) is 21.6. The monoisotopic (exact) mass is 451 g/mol. The first-order valence-electron chi connectivity index (χ1n) is 10.5. The van der Waals surface area contributed by atoms with Crippen molar-refractivity contribution in [1.82, 2.24) is 9.80 Å². The van der Waals surface area contributed by atoms with Gasteiger partial charge in [0.1, 0.15) is 0 Å². The number of hydrogen-bond donors (Lipinski definition) is 1. The molecule has 2 atom stereocenters. The maximum Gasteiger partial charge on any atom is 0.228 e. The van der Waals surface area contributed by atoms with Crippen LogP contribution in [0.2, 0.25) is 10.0 Å². The van der Waals surface area contributed by atoms with Crippen molar-refractivity contribution in [3.8, 4) is 0 Å². The molecule has 1 aromatic carbocycles. The highest BCUT2D eigenvalue weighted by Crippen LogP contribution is 2.47. The number of hydrogen-bond acceptors (Lipinski definition) is 3. The Morgan fingerprint density at radius 3 is 2.27 bits per heavy atom. The summed E-state index contributed by atoms with van der Waals surface area (Å²) in [5, 5.41) is 0.867. The molecule has 1 saturated carbocycles. The molecular weight excluding hydrogens is 425 g/mol. The van der Waals surface area contributed by atoms with Crippen LogP contribution in [-0.4, -0.2) is 53.7 Å². The average molecular weight is 452 g/mol. The molecule has 4 rings (SSSR count). The second-order valence-electron chi connectivity index (χ2n) is 9.16. The molecule has 2 N–H and O–H groups in total. The average Bonchev–Trinajstić information content (AvgIpc) is 3.32. The normalized spacial score (nSPS) is 26.0. The Kier molecular flexibility index (Phi) is 5.75. The summed E-state index contributed by atoms with van der Waals surface area (Å²) in [4.78, 5) is 41.5. The second kappa shape index (κ2) is 8.04. The van der Waals surface area contributed by atoms with E-state index in [1.807, 2.05) is 17.9 Å². The summed E-state index contributed by atoms with van der Waals surface area (Å²) in [6.45, 7) is 4.00. The van der Waals surface area contributed by atoms with E-state index >= 15 is 0 Å².